The molecule has 0 saturated heterocycles. The summed E-state index contributed by atoms with van der Waals surface area (Å²) in [6.45, 7) is 23.9. The van der Waals surface area contributed by atoms with Gasteiger partial charge in [0.15, 0.2) is 0 Å². The lowest BCUT2D eigenvalue weighted by molar-refractivity contribution is -0.163. The third kappa shape index (κ3) is 37.9. The summed E-state index contributed by atoms with van der Waals surface area (Å²) < 4.78 is 33.4. The molecule has 6 atom stereocenters. The highest BCUT2D eigenvalue weighted by Gasteiger charge is 2.37. The number of hydrogen-bond donors (Lipinski definition) is 6. The van der Waals surface area contributed by atoms with E-state index in [0.717, 1.165) is 25.5 Å². The number of methoxy groups -OCH3 is 1. The van der Waals surface area contributed by atoms with Crippen LogP contribution in [0.25, 0.3) is 10.8 Å². The molecule has 592 valence electrons. The first kappa shape index (κ1) is 91.1. The predicted octanol–water partition coefficient (Wildman–Crippen LogP) is 11.2. The van der Waals surface area contributed by atoms with Gasteiger partial charge in [-0.1, -0.05) is 80.1 Å². The van der Waals surface area contributed by atoms with Crippen molar-refractivity contribution >= 4 is 110 Å². The molecule has 6 unspecified atom stereocenters. The van der Waals surface area contributed by atoms with Crippen molar-refractivity contribution in [2.24, 2.45) is 23.7 Å². The largest absolute Gasteiger partial charge is 0.467 e. The van der Waals surface area contributed by atoms with Crippen LogP contribution in [0.1, 0.15) is 223 Å². The Hall–Kier alpha value is -8.30. The molecule has 3 aromatic rings. The molecule has 25 nitrogen and oxygen atoms in total. The lowest BCUT2D eigenvalue weighted by Gasteiger charge is -2.29. The number of esters is 6. The number of nitrogens with one attached hydrogen (secondary N) is 6. The average molecular weight is 1610 g/mol. The van der Waals surface area contributed by atoms with E-state index in [9.17, 15) is 62.3 Å². The number of ketones is 2. The van der Waals surface area contributed by atoms with Gasteiger partial charge in [0.2, 0.25) is 23.6 Å². The van der Waals surface area contributed by atoms with Gasteiger partial charge in [0, 0.05) is 67.0 Å². The molecule has 0 spiro atoms. The van der Waals surface area contributed by atoms with Crippen LogP contribution < -0.4 is 31.9 Å². The molecule has 4 rings (SSSR count). The molecular formula is C81H117IN6O19. The number of ether oxygens (including phenoxy) is 6. The summed E-state index contributed by atoms with van der Waals surface area (Å²) in [4.78, 5) is 176. The van der Waals surface area contributed by atoms with Crippen LogP contribution in [0.4, 0.5) is 4.79 Å². The minimum Gasteiger partial charge on any atom is -0.467 e. The number of carbonyl (C=O) groups excluding carboxylic acids is 13. The first-order valence-corrected chi connectivity index (χ1v) is 38.5. The Morgan fingerprint density at radius 2 is 1.07 bits per heavy atom. The van der Waals surface area contributed by atoms with E-state index in [-0.39, 0.29) is 107 Å². The van der Waals surface area contributed by atoms with Crippen LogP contribution in [0, 0.1) is 27.2 Å². The number of urea groups is 1. The molecule has 0 heterocycles. The summed E-state index contributed by atoms with van der Waals surface area (Å²) in [7, 11) is 1.17. The van der Waals surface area contributed by atoms with Gasteiger partial charge in [-0.3, -0.25) is 43.2 Å². The first-order chi connectivity index (χ1) is 50.2. The van der Waals surface area contributed by atoms with Crippen LogP contribution in [-0.2, 0) is 98.8 Å². The van der Waals surface area contributed by atoms with Gasteiger partial charge >= 0.3 is 41.8 Å². The van der Waals surface area contributed by atoms with Crippen molar-refractivity contribution in [3.63, 3.8) is 0 Å². The second-order valence-corrected chi connectivity index (χ2v) is 32.9. The van der Waals surface area contributed by atoms with Gasteiger partial charge in [0.1, 0.15) is 64.7 Å². The molecule has 1 aliphatic carbocycles. The van der Waals surface area contributed by atoms with E-state index in [1.165, 1.54) is 13.2 Å². The van der Waals surface area contributed by atoms with Gasteiger partial charge in [-0.25, -0.2) is 19.2 Å². The van der Waals surface area contributed by atoms with Gasteiger partial charge < -0.3 is 60.3 Å². The minimum absolute atomic E-state index is 0.0464. The molecule has 0 aliphatic heterocycles. The van der Waals surface area contributed by atoms with Gasteiger partial charge in [-0.2, -0.15) is 0 Å². The van der Waals surface area contributed by atoms with E-state index >= 15 is 0 Å². The van der Waals surface area contributed by atoms with Gasteiger partial charge in [0.25, 0.3) is 0 Å². The van der Waals surface area contributed by atoms with E-state index in [2.05, 4.69) is 61.1 Å². The summed E-state index contributed by atoms with van der Waals surface area (Å²) in [6, 6.07) is 15.6. The average Bonchev–Trinajstić information content (AvgIpc) is 0.837. The summed E-state index contributed by atoms with van der Waals surface area (Å²) >= 11 is 2.21. The quantitative estimate of drug-likeness (QED) is 0.0101. The van der Waals surface area contributed by atoms with E-state index in [4.69, 9.17) is 28.4 Å². The Kier molecular flexibility index (Phi) is 38.2. The summed E-state index contributed by atoms with van der Waals surface area (Å²) in [5.41, 5.74) is -1.80. The number of unbranched alkanes of at least 4 members (excludes halogenated alkanes) is 3. The van der Waals surface area contributed by atoms with Gasteiger partial charge in [-0.15, -0.1) is 0 Å². The van der Waals surface area contributed by atoms with E-state index < -0.39 is 131 Å². The zero-order chi connectivity index (χ0) is 79.7. The number of carbonyl (C=O) groups is 13. The van der Waals surface area contributed by atoms with E-state index in [1.807, 2.05) is 66.7 Å². The SMILES string of the molecule is C=CCOC(=O)CCCCCC(NC(=O)CC(NC(=O)CC(CC(=O)CCCc1ccc(I)cc1)C(=O)OC(C)(C)C)C(=O)OC(C)(C)C)C(=O)NCC1CCC(C(=O)CC(Cc2ccc3ccccc3c2)C(=O)NCCCCC(NC(=O)NC(CCC(=O)OC(C)(C)C)C(=O)OC(C)(C)C)C(=O)OC)CC1. The standard InChI is InChI=1S/C81H117IN6O19/c1-15-44-103-69(93)30-18-16-17-28-62(85-68(92)50-65(76(100)107-81(11,12)13)86-67(91)49-59(73(97)105-79(5,6)7)47-61(89)27-23-24-52-34-39-60(82)40-35-52)72(96)84-51-53-31-37-56(38-32-53)66(90)48-58(46-54-33-36-55-25-19-20-26-57(55)45-54)71(95)83-43-22-21-29-63(74(98)102-14)87-77(101)88-64(75(99)106-80(8,9)10)41-42-70(94)104-78(2,3)4/h15,19-20,25-26,33-36,39-40,45,53,56,58-59,62-65H,1,16-18,21-24,27-32,37-38,41-44,46-51H2,2-14H3,(H,83,95)(H,84,96)(H,85,92)(H,86,91)(H2,87,88,101). The molecule has 26 heteroatoms. The highest BCUT2D eigenvalue weighted by atomic mass is 127. The summed E-state index contributed by atoms with van der Waals surface area (Å²) in [6.07, 6.45) is 5.54. The van der Waals surface area contributed by atoms with Crippen molar-refractivity contribution in [3.8, 4) is 0 Å². The van der Waals surface area contributed by atoms with Crippen LogP contribution >= 0.6 is 22.6 Å². The van der Waals surface area contributed by atoms with Crippen molar-refractivity contribution in [2.75, 3.05) is 26.8 Å². The number of hydrogen-bond acceptors (Lipinski definition) is 19. The summed E-state index contributed by atoms with van der Waals surface area (Å²) in [5.74, 6) is -9.45. The van der Waals surface area contributed by atoms with E-state index in [0.29, 0.717) is 70.6 Å². The van der Waals surface area contributed by atoms with Crippen molar-refractivity contribution in [1.29, 1.82) is 0 Å². The topological polar surface area (TPSA) is 349 Å². The third-order valence-electron chi connectivity index (χ3n) is 17.3. The van der Waals surface area contributed by atoms with Crippen molar-refractivity contribution in [3.05, 3.63) is 94.1 Å². The molecule has 3 aromatic carbocycles. The molecule has 0 radical (unpaired) electrons. The Morgan fingerprint density at radius 3 is 1.68 bits per heavy atom. The fourth-order valence-electron chi connectivity index (χ4n) is 12.1. The Balaban J connectivity index is 1.43. The van der Waals surface area contributed by atoms with Gasteiger partial charge in [-0.05, 0) is 229 Å². The number of fused-ring (bicyclic) bond motifs is 1. The second-order valence-electron chi connectivity index (χ2n) is 31.6. The summed E-state index contributed by atoms with van der Waals surface area (Å²) in [5, 5.41) is 18.4. The fourth-order valence-corrected chi connectivity index (χ4v) is 12.5. The zero-order valence-corrected chi connectivity index (χ0v) is 67.2. The first-order valence-electron chi connectivity index (χ1n) is 37.4. The highest BCUT2D eigenvalue weighted by Crippen LogP contribution is 2.32. The monoisotopic (exact) mass is 1600 g/mol. The molecular weight excluding hydrogens is 1490 g/mol. The van der Waals surface area contributed by atoms with Crippen LogP contribution in [0.5, 0.6) is 0 Å². The van der Waals surface area contributed by atoms with Crippen LogP contribution in [0.15, 0.2) is 79.4 Å². The van der Waals surface area contributed by atoms with Crippen molar-refractivity contribution < 1.29 is 90.8 Å². The number of halogens is 1. The maximum Gasteiger partial charge on any atom is 0.329 e. The maximum atomic E-state index is 14.4. The zero-order valence-electron chi connectivity index (χ0n) is 65.1. The normalized spacial score (nSPS) is 15.6. The molecule has 1 fully saturated rings. The fraction of sp³-hybridized carbons (Fsp3) is 0.617. The van der Waals surface area contributed by atoms with Crippen molar-refractivity contribution in [1.82, 2.24) is 31.9 Å². The number of aryl methyl sites for hydroxylation is 1. The van der Waals surface area contributed by atoms with Gasteiger partial charge in [0.05, 0.1) is 19.4 Å². The van der Waals surface area contributed by atoms with Crippen LogP contribution in [-0.4, -0.2) is 150 Å². The number of rotatable bonds is 43. The molecule has 1 saturated carbocycles. The second kappa shape index (κ2) is 44.9. The Bertz CT molecular complexity index is 3490. The molecule has 107 heavy (non-hydrogen) atoms. The number of amides is 6. The Morgan fingerprint density at radius 1 is 0.505 bits per heavy atom. The molecule has 6 amide bonds. The molecule has 1 aliphatic rings. The maximum absolute atomic E-state index is 14.4. The predicted molar refractivity (Wildman–Crippen MR) is 413 cm³/mol. The van der Waals surface area contributed by atoms with E-state index in [1.54, 1.807) is 83.1 Å². The van der Waals surface area contributed by atoms with Crippen LogP contribution in [0.2, 0.25) is 0 Å². The molecule has 0 bridgehead atoms. The molecule has 0 aromatic heterocycles. The van der Waals surface area contributed by atoms with Crippen LogP contribution in [0.3, 0.4) is 0 Å². The Labute approximate surface area is 645 Å². The number of benzene rings is 3. The number of Topliss-reactive ketones (excluding diaryl/α,β-unsaturated/α-hetero) is 2. The highest BCUT2D eigenvalue weighted by molar-refractivity contribution is 14.1. The lowest BCUT2D eigenvalue weighted by atomic mass is 9.77. The molecule has 6 N–H and O–H groups in total. The minimum atomic E-state index is -1.59. The lowest BCUT2D eigenvalue weighted by Crippen LogP contribution is -2.52. The third-order valence-corrected chi connectivity index (χ3v) is 18.0. The van der Waals surface area contributed by atoms with Crippen molar-refractivity contribution in [2.45, 2.75) is 271 Å². The smallest absolute Gasteiger partial charge is 0.329 e.